The van der Waals surface area contributed by atoms with Gasteiger partial charge < -0.3 is 11.1 Å². The highest BCUT2D eigenvalue weighted by Gasteiger charge is 2.27. The summed E-state index contributed by atoms with van der Waals surface area (Å²) in [6, 6.07) is 0.536. The number of nitrogen functional groups attached to an aromatic ring is 1. The molecule has 0 aromatic carbocycles. The van der Waals surface area contributed by atoms with E-state index in [1.807, 2.05) is 6.92 Å². The van der Waals surface area contributed by atoms with Crippen molar-refractivity contribution in [3.05, 3.63) is 16.0 Å². The second kappa shape index (κ2) is 5.92. The molecule has 19 heavy (non-hydrogen) atoms. The average Bonchev–Trinajstić information content (AvgIpc) is 2.70. The zero-order valence-electron chi connectivity index (χ0n) is 12.0. The zero-order valence-corrected chi connectivity index (χ0v) is 12.8. The summed E-state index contributed by atoms with van der Waals surface area (Å²) in [6.07, 6.45) is 1.87. The largest absolute Gasteiger partial charge is 0.390 e. The van der Waals surface area contributed by atoms with Crippen molar-refractivity contribution in [2.45, 2.75) is 46.2 Å². The van der Waals surface area contributed by atoms with Gasteiger partial charge in [0.25, 0.3) is 5.91 Å². The van der Waals surface area contributed by atoms with E-state index in [1.54, 1.807) is 11.3 Å². The maximum Gasteiger partial charge on any atom is 0.254 e. The molecule has 3 N–H and O–H groups in total. The number of hydrogen-bond donors (Lipinski definition) is 2. The van der Waals surface area contributed by atoms with E-state index in [0.29, 0.717) is 17.6 Å². The van der Waals surface area contributed by atoms with E-state index < -0.39 is 0 Å². The van der Waals surface area contributed by atoms with Crippen molar-refractivity contribution < 1.29 is 4.79 Å². The number of carbonyl (C=O) groups is 1. The SMILES string of the molecule is CCCNC(=O)c1c(N)sc2c1CCN(C(C)C)C2. The Kier molecular flexibility index (Phi) is 4.47. The minimum absolute atomic E-state index is 0.00477. The molecule has 4 nitrogen and oxygen atoms in total. The average molecular weight is 281 g/mol. The Balaban J connectivity index is 2.22. The van der Waals surface area contributed by atoms with Crippen LogP contribution in [0.25, 0.3) is 0 Å². The Labute approximate surface area is 119 Å². The van der Waals surface area contributed by atoms with E-state index in [9.17, 15) is 4.79 Å². The summed E-state index contributed by atoms with van der Waals surface area (Å²) in [5.74, 6) is -0.00477. The van der Waals surface area contributed by atoms with Crippen molar-refractivity contribution in [2.24, 2.45) is 0 Å². The fourth-order valence-corrected chi connectivity index (χ4v) is 3.60. The zero-order chi connectivity index (χ0) is 14.0. The van der Waals surface area contributed by atoms with Gasteiger partial charge in [0.2, 0.25) is 0 Å². The van der Waals surface area contributed by atoms with Crippen LogP contribution in [-0.4, -0.2) is 29.9 Å². The van der Waals surface area contributed by atoms with E-state index in [0.717, 1.165) is 31.5 Å². The molecule has 2 heterocycles. The van der Waals surface area contributed by atoms with E-state index in [1.165, 1.54) is 10.4 Å². The summed E-state index contributed by atoms with van der Waals surface area (Å²) < 4.78 is 0. The van der Waals surface area contributed by atoms with E-state index in [4.69, 9.17) is 5.73 Å². The standard InChI is InChI=1S/C14H23N3OS/c1-4-6-16-14(18)12-10-5-7-17(9(2)3)8-11(10)19-13(12)15/h9H,4-8,15H2,1-3H3,(H,16,18). The van der Waals surface area contributed by atoms with Gasteiger partial charge in [-0.15, -0.1) is 11.3 Å². The van der Waals surface area contributed by atoms with Gasteiger partial charge in [0.1, 0.15) is 0 Å². The molecular formula is C14H23N3OS. The van der Waals surface area contributed by atoms with Gasteiger partial charge in [0.15, 0.2) is 0 Å². The van der Waals surface area contributed by atoms with Crippen LogP contribution in [0.3, 0.4) is 0 Å². The highest BCUT2D eigenvalue weighted by atomic mass is 32.1. The number of nitrogens with one attached hydrogen (secondary N) is 1. The third kappa shape index (κ3) is 2.92. The lowest BCUT2D eigenvalue weighted by Gasteiger charge is -2.30. The molecular weight excluding hydrogens is 258 g/mol. The van der Waals surface area contributed by atoms with Crippen LogP contribution in [0.15, 0.2) is 0 Å². The van der Waals surface area contributed by atoms with E-state index in [2.05, 4.69) is 24.1 Å². The second-order valence-corrected chi connectivity index (χ2v) is 6.45. The van der Waals surface area contributed by atoms with Gasteiger partial charge in [-0.05, 0) is 32.3 Å². The summed E-state index contributed by atoms with van der Waals surface area (Å²) in [4.78, 5) is 15.9. The summed E-state index contributed by atoms with van der Waals surface area (Å²) in [5.41, 5.74) is 7.96. The maximum atomic E-state index is 12.2. The number of amides is 1. The molecule has 0 atom stereocenters. The van der Waals surface area contributed by atoms with Gasteiger partial charge in [-0.1, -0.05) is 6.92 Å². The monoisotopic (exact) mass is 281 g/mol. The first-order valence-electron chi connectivity index (χ1n) is 6.96. The summed E-state index contributed by atoms with van der Waals surface area (Å²) in [6.45, 7) is 9.10. The Morgan fingerprint density at radius 2 is 2.26 bits per heavy atom. The quantitative estimate of drug-likeness (QED) is 0.890. The molecule has 0 bridgehead atoms. The smallest absolute Gasteiger partial charge is 0.254 e. The third-order valence-corrected chi connectivity index (χ3v) is 4.65. The lowest BCUT2D eigenvalue weighted by atomic mass is 10.0. The van der Waals surface area contributed by atoms with Gasteiger partial charge in [-0.25, -0.2) is 0 Å². The Morgan fingerprint density at radius 3 is 2.89 bits per heavy atom. The predicted octanol–water partition coefficient (Wildman–Crippen LogP) is 2.24. The normalized spacial score (nSPS) is 15.6. The van der Waals surface area contributed by atoms with Gasteiger partial charge in [0.05, 0.1) is 10.6 Å². The van der Waals surface area contributed by atoms with Crippen LogP contribution in [0, 0.1) is 0 Å². The van der Waals surface area contributed by atoms with Crippen molar-refractivity contribution in [2.75, 3.05) is 18.8 Å². The van der Waals surface area contributed by atoms with Gasteiger partial charge in [-0.2, -0.15) is 0 Å². The lowest BCUT2D eigenvalue weighted by molar-refractivity contribution is 0.0953. The van der Waals surface area contributed by atoms with Crippen molar-refractivity contribution in [1.82, 2.24) is 10.2 Å². The molecule has 0 saturated carbocycles. The molecule has 1 aliphatic rings. The van der Waals surface area contributed by atoms with Gasteiger partial charge in [0, 0.05) is 30.6 Å². The fraction of sp³-hybridized carbons (Fsp3) is 0.643. The molecule has 5 heteroatoms. The van der Waals surface area contributed by atoms with Crippen molar-refractivity contribution in [1.29, 1.82) is 0 Å². The van der Waals surface area contributed by atoms with E-state index in [-0.39, 0.29) is 5.91 Å². The molecule has 0 unspecified atom stereocenters. The van der Waals surface area contributed by atoms with Gasteiger partial charge >= 0.3 is 0 Å². The van der Waals surface area contributed by atoms with Crippen LogP contribution in [-0.2, 0) is 13.0 Å². The number of rotatable bonds is 4. The van der Waals surface area contributed by atoms with Crippen LogP contribution in [0.5, 0.6) is 0 Å². The minimum Gasteiger partial charge on any atom is -0.390 e. The maximum absolute atomic E-state index is 12.2. The number of carbonyl (C=O) groups excluding carboxylic acids is 1. The molecule has 1 aromatic rings. The third-order valence-electron chi connectivity index (χ3n) is 3.61. The molecule has 1 amide bonds. The Hall–Kier alpha value is -1.07. The van der Waals surface area contributed by atoms with Gasteiger partial charge in [-0.3, -0.25) is 9.69 Å². The first-order chi connectivity index (χ1) is 9.04. The highest BCUT2D eigenvalue weighted by molar-refractivity contribution is 7.16. The van der Waals surface area contributed by atoms with Crippen LogP contribution in [0.2, 0.25) is 0 Å². The number of anilines is 1. The Bertz CT molecular complexity index is 468. The second-order valence-electron chi connectivity index (χ2n) is 5.31. The molecule has 0 fully saturated rings. The van der Waals surface area contributed by atoms with Crippen LogP contribution in [0.1, 0.15) is 48.0 Å². The minimum atomic E-state index is -0.00477. The van der Waals surface area contributed by atoms with Crippen molar-refractivity contribution >= 4 is 22.2 Å². The van der Waals surface area contributed by atoms with Crippen LogP contribution in [0.4, 0.5) is 5.00 Å². The number of fused-ring (bicyclic) bond motifs is 1. The molecule has 1 aromatic heterocycles. The summed E-state index contributed by atoms with van der Waals surface area (Å²) in [7, 11) is 0. The molecule has 2 rings (SSSR count). The first kappa shape index (κ1) is 14.3. The predicted molar refractivity (Wildman–Crippen MR) is 80.6 cm³/mol. The molecule has 0 aliphatic carbocycles. The van der Waals surface area contributed by atoms with E-state index >= 15 is 0 Å². The molecule has 0 spiro atoms. The summed E-state index contributed by atoms with van der Waals surface area (Å²) in [5, 5.41) is 3.60. The highest BCUT2D eigenvalue weighted by Crippen LogP contribution is 2.35. The van der Waals surface area contributed by atoms with Crippen LogP contribution < -0.4 is 11.1 Å². The van der Waals surface area contributed by atoms with Crippen molar-refractivity contribution in [3.8, 4) is 0 Å². The topological polar surface area (TPSA) is 58.4 Å². The molecule has 1 aliphatic heterocycles. The number of hydrogen-bond acceptors (Lipinski definition) is 4. The number of nitrogens with two attached hydrogens (primary N) is 1. The molecule has 0 radical (unpaired) electrons. The number of thiophene rings is 1. The molecule has 0 saturated heterocycles. The lowest BCUT2D eigenvalue weighted by Crippen LogP contribution is -2.36. The summed E-state index contributed by atoms with van der Waals surface area (Å²) >= 11 is 1.58. The fourth-order valence-electron chi connectivity index (χ4n) is 2.46. The van der Waals surface area contributed by atoms with Crippen LogP contribution >= 0.6 is 11.3 Å². The molecule has 106 valence electrons. The number of nitrogens with zero attached hydrogens (tertiary/aromatic N) is 1. The first-order valence-corrected chi connectivity index (χ1v) is 7.78. The Morgan fingerprint density at radius 1 is 1.53 bits per heavy atom. The van der Waals surface area contributed by atoms with Crippen molar-refractivity contribution in [3.63, 3.8) is 0 Å².